The number of hydrogen-bond acceptors (Lipinski definition) is 4. The van der Waals surface area contributed by atoms with Crippen molar-refractivity contribution in [3.05, 3.63) is 23.8 Å². The fourth-order valence-electron chi connectivity index (χ4n) is 1.41. The van der Waals surface area contributed by atoms with Gasteiger partial charge in [-0.25, -0.2) is 4.98 Å². The lowest BCUT2D eigenvalue weighted by atomic mass is 10.1. The van der Waals surface area contributed by atoms with Gasteiger partial charge in [-0.2, -0.15) is 0 Å². The number of nitrogens with two attached hydrogens (primary N) is 1. The third-order valence-electron chi connectivity index (χ3n) is 2.13. The Morgan fingerprint density at radius 3 is 3.14 bits per heavy atom. The van der Waals surface area contributed by atoms with Crippen molar-refractivity contribution in [3.8, 4) is 0 Å². The lowest BCUT2D eigenvalue weighted by molar-refractivity contribution is 0.792. The number of thiazole rings is 1. The summed E-state index contributed by atoms with van der Waals surface area (Å²) in [5.74, 6) is 0. The Bertz CT molecular complexity index is 436. The summed E-state index contributed by atoms with van der Waals surface area (Å²) in [6.45, 7) is 1.000. The van der Waals surface area contributed by atoms with Crippen LogP contribution in [0.15, 0.2) is 18.2 Å². The molecule has 74 valence electrons. The number of nitrogen functional groups attached to an aromatic ring is 1. The van der Waals surface area contributed by atoms with E-state index >= 15 is 0 Å². The largest absolute Gasteiger partial charge is 0.375 e. The van der Waals surface area contributed by atoms with Crippen LogP contribution in [-0.4, -0.2) is 18.6 Å². The van der Waals surface area contributed by atoms with Crippen molar-refractivity contribution >= 4 is 26.7 Å². The van der Waals surface area contributed by atoms with Gasteiger partial charge < -0.3 is 11.1 Å². The van der Waals surface area contributed by atoms with Crippen LogP contribution in [0.25, 0.3) is 10.2 Å². The first-order chi connectivity index (χ1) is 6.79. The highest BCUT2D eigenvalue weighted by molar-refractivity contribution is 7.22. The quantitative estimate of drug-likeness (QED) is 0.804. The Labute approximate surface area is 87.0 Å². The zero-order valence-electron chi connectivity index (χ0n) is 8.08. The summed E-state index contributed by atoms with van der Waals surface area (Å²) in [5.41, 5.74) is 7.97. The number of likely N-dealkylation sites (N-methyl/N-ethyl adjacent to an activating group) is 1. The summed E-state index contributed by atoms with van der Waals surface area (Å²) >= 11 is 1.55. The summed E-state index contributed by atoms with van der Waals surface area (Å²) < 4.78 is 1.18. The molecular formula is C10H13N3S. The van der Waals surface area contributed by atoms with Gasteiger partial charge in [0.15, 0.2) is 5.13 Å². The van der Waals surface area contributed by atoms with Crippen molar-refractivity contribution in [1.82, 2.24) is 10.3 Å². The molecule has 0 aliphatic carbocycles. The van der Waals surface area contributed by atoms with Gasteiger partial charge in [0.1, 0.15) is 0 Å². The molecule has 1 heterocycles. The van der Waals surface area contributed by atoms with Crippen molar-refractivity contribution < 1.29 is 0 Å². The zero-order valence-corrected chi connectivity index (χ0v) is 8.90. The smallest absolute Gasteiger partial charge is 0.181 e. The van der Waals surface area contributed by atoms with Gasteiger partial charge in [0.25, 0.3) is 0 Å². The Hall–Kier alpha value is -1.13. The average molecular weight is 207 g/mol. The fraction of sp³-hybridized carbons (Fsp3) is 0.300. The van der Waals surface area contributed by atoms with Crippen LogP contribution in [-0.2, 0) is 6.42 Å². The van der Waals surface area contributed by atoms with Crippen LogP contribution < -0.4 is 11.1 Å². The first-order valence-electron chi connectivity index (χ1n) is 4.59. The first kappa shape index (κ1) is 9.43. The fourth-order valence-corrected chi connectivity index (χ4v) is 2.21. The molecule has 2 aromatic rings. The molecule has 1 aromatic heterocycles. The number of rotatable bonds is 3. The first-order valence-corrected chi connectivity index (χ1v) is 5.41. The maximum absolute atomic E-state index is 5.64. The van der Waals surface area contributed by atoms with Crippen LogP contribution >= 0.6 is 11.3 Å². The molecule has 0 fully saturated rings. The Balaban J connectivity index is 2.31. The number of nitrogens with one attached hydrogen (secondary N) is 1. The van der Waals surface area contributed by atoms with E-state index in [1.807, 2.05) is 13.1 Å². The van der Waals surface area contributed by atoms with E-state index in [1.54, 1.807) is 11.3 Å². The van der Waals surface area contributed by atoms with Crippen LogP contribution in [0.4, 0.5) is 5.13 Å². The molecule has 0 bridgehead atoms. The summed E-state index contributed by atoms with van der Waals surface area (Å²) in [5, 5.41) is 3.78. The molecule has 0 aliphatic rings. The van der Waals surface area contributed by atoms with E-state index in [0.717, 1.165) is 18.5 Å². The molecule has 0 saturated carbocycles. The summed E-state index contributed by atoms with van der Waals surface area (Å²) in [4.78, 5) is 4.22. The summed E-state index contributed by atoms with van der Waals surface area (Å²) in [6.07, 6.45) is 1.05. The van der Waals surface area contributed by atoms with E-state index in [1.165, 1.54) is 10.3 Å². The molecule has 1 aromatic carbocycles. The highest BCUT2D eigenvalue weighted by Crippen LogP contribution is 2.24. The van der Waals surface area contributed by atoms with Crippen molar-refractivity contribution in [2.24, 2.45) is 0 Å². The number of nitrogens with zero attached hydrogens (tertiary/aromatic N) is 1. The lowest BCUT2D eigenvalue weighted by Crippen LogP contribution is -2.09. The molecule has 3 nitrogen and oxygen atoms in total. The molecule has 0 aliphatic heterocycles. The molecule has 3 N–H and O–H groups in total. The van der Waals surface area contributed by atoms with Crippen LogP contribution in [0.1, 0.15) is 5.56 Å². The Morgan fingerprint density at radius 2 is 2.36 bits per heavy atom. The topological polar surface area (TPSA) is 50.9 Å². The molecule has 0 amide bonds. The minimum atomic E-state index is 0.644. The van der Waals surface area contributed by atoms with E-state index in [-0.39, 0.29) is 0 Å². The second kappa shape index (κ2) is 3.94. The molecule has 0 saturated heterocycles. The van der Waals surface area contributed by atoms with Crippen molar-refractivity contribution in [2.75, 3.05) is 19.3 Å². The number of fused-ring (bicyclic) bond motifs is 1. The number of benzene rings is 1. The Morgan fingerprint density at radius 1 is 1.50 bits per heavy atom. The molecule has 2 rings (SSSR count). The molecule has 0 radical (unpaired) electrons. The van der Waals surface area contributed by atoms with Gasteiger partial charge in [-0.05, 0) is 37.7 Å². The van der Waals surface area contributed by atoms with E-state index < -0.39 is 0 Å². The van der Waals surface area contributed by atoms with Crippen molar-refractivity contribution in [1.29, 1.82) is 0 Å². The SMILES string of the molecule is CNCCc1ccc2nc(N)sc2c1. The van der Waals surface area contributed by atoms with Gasteiger partial charge in [-0.3, -0.25) is 0 Å². The molecule has 0 spiro atoms. The average Bonchev–Trinajstić information content (AvgIpc) is 2.54. The van der Waals surface area contributed by atoms with Gasteiger partial charge in [-0.1, -0.05) is 17.4 Å². The van der Waals surface area contributed by atoms with E-state index in [0.29, 0.717) is 5.13 Å². The van der Waals surface area contributed by atoms with Gasteiger partial charge in [-0.15, -0.1) is 0 Å². The molecule has 4 heteroatoms. The third kappa shape index (κ3) is 1.86. The number of hydrogen-bond donors (Lipinski definition) is 2. The summed E-state index contributed by atoms with van der Waals surface area (Å²) in [7, 11) is 1.96. The second-order valence-electron chi connectivity index (χ2n) is 3.21. The Kier molecular flexibility index (Phi) is 2.65. The van der Waals surface area contributed by atoms with E-state index in [4.69, 9.17) is 5.73 Å². The maximum atomic E-state index is 5.64. The van der Waals surface area contributed by atoms with Crippen molar-refractivity contribution in [2.45, 2.75) is 6.42 Å². The van der Waals surface area contributed by atoms with Gasteiger partial charge in [0.2, 0.25) is 0 Å². The molecule has 0 atom stereocenters. The molecular weight excluding hydrogens is 194 g/mol. The maximum Gasteiger partial charge on any atom is 0.181 e. The minimum absolute atomic E-state index is 0.644. The predicted molar refractivity (Wildman–Crippen MR) is 61.7 cm³/mol. The minimum Gasteiger partial charge on any atom is -0.375 e. The van der Waals surface area contributed by atoms with E-state index in [9.17, 15) is 0 Å². The van der Waals surface area contributed by atoms with E-state index in [2.05, 4.69) is 22.4 Å². The molecule has 14 heavy (non-hydrogen) atoms. The predicted octanol–water partition coefficient (Wildman–Crippen LogP) is 1.64. The van der Waals surface area contributed by atoms with Crippen LogP contribution in [0.5, 0.6) is 0 Å². The number of anilines is 1. The second-order valence-corrected chi connectivity index (χ2v) is 4.27. The van der Waals surface area contributed by atoms with Gasteiger partial charge in [0.05, 0.1) is 10.2 Å². The van der Waals surface area contributed by atoms with Gasteiger partial charge in [0, 0.05) is 0 Å². The normalized spacial score (nSPS) is 10.9. The lowest BCUT2D eigenvalue weighted by Gasteiger charge is -1.99. The summed E-state index contributed by atoms with van der Waals surface area (Å²) in [6, 6.07) is 6.31. The highest BCUT2D eigenvalue weighted by atomic mass is 32.1. The number of aromatic nitrogens is 1. The standard InChI is InChI=1S/C10H13N3S/c1-12-5-4-7-2-3-8-9(6-7)14-10(11)13-8/h2-3,6,12H,4-5H2,1H3,(H2,11,13). The highest BCUT2D eigenvalue weighted by Gasteiger charge is 2.01. The monoisotopic (exact) mass is 207 g/mol. The van der Waals surface area contributed by atoms with Crippen LogP contribution in [0.2, 0.25) is 0 Å². The van der Waals surface area contributed by atoms with Gasteiger partial charge >= 0.3 is 0 Å². The van der Waals surface area contributed by atoms with Crippen LogP contribution in [0, 0.1) is 0 Å². The zero-order chi connectivity index (χ0) is 9.97. The third-order valence-corrected chi connectivity index (χ3v) is 2.98. The molecule has 0 unspecified atom stereocenters. The van der Waals surface area contributed by atoms with Crippen LogP contribution in [0.3, 0.4) is 0 Å². The van der Waals surface area contributed by atoms with Crippen molar-refractivity contribution in [3.63, 3.8) is 0 Å².